The Morgan fingerprint density at radius 2 is 2.00 bits per heavy atom. The second-order valence-electron chi connectivity index (χ2n) is 6.06. The Balaban J connectivity index is 2.27. The van der Waals surface area contributed by atoms with Crippen molar-refractivity contribution in [2.75, 3.05) is 5.43 Å². The fourth-order valence-electron chi connectivity index (χ4n) is 2.81. The molecule has 5 nitrogen and oxygen atoms in total. The molecule has 132 valence electrons. The van der Waals surface area contributed by atoms with Crippen molar-refractivity contribution >= 4 is 17.7 Å². The number of allylic oxidation sites excluding steroid dienone is 1. The molecule has 0 fully saturated rings. The number of nitrogens with one attached hydrogen (secondary N) is 1. The van der Waals surface area contributed by atoms with Gasteiger partial charge in [0.2, 0.25) is 0 Å². The van der Waals surface area contributed by atoms with Crippen LogP contribution in [0.4, 0.5) is 5.69 Å². The van der Waals surface area contributed by atoms with E-state index in [-0.39, 0.29) is 11.5 Å². The number of carbonyl (C=O) groups is 1. The second-order valence-corrected chi connectivity index (χ2v) is 6.06. The minimum Gasteiger partial charge on any atom is -0.508 e. The summed E-state index contributed by atoms with van der Waals surface area (Å²) in [5, 5.41) is 22.4. The Bertz CT molecular complexity index is 885. The van der Waals surface area contributed by atoms with E-state index in [1.54, 1.807) is 18.2 Å². The van der Waals surface area contributed by atoms with Crippen LogP contribution in [-0.2, 0) is 17.6 Å². The number of phenolic OH excluding ortho intramolecular Hbond substituents is 1. The lowest BCUT2D eigenvalue weighted by Crippen LogP contribution is -2.02. The summed E-state index contributed by atoms with van der Waals surface area (Å²) < 4.78 is 0. The van der Waals surface area contributed by atoms with Gasteiger partial charge in [0.25, 0.3) is 0 Å². The van der Waals surface area contributed by atoms with Crippen molar-refractivity contribution in [1.29, 1.82) is 5.26 Å². The summed E-state index contributed by atoms with van der Waals surface area (Å²) in [5.41, 5.74) is 8.56. The summed E-state index contributed by atoms with van der Waals surface area (Å²) in [4.78, 5) is 10.6. The maximum atomic E-state index is 10.6. The average molecular weight is 347 g/mol. The summed E-state index contributed by atoms with van der Waals surface area (Å²) in [5.74, 6) is 0.281. The number of hydrazone groups is 1. The standard InChI is InChI=1S/C21H21N3O2/c1-4-5-17-10-16(6-7-21(17)26)11-20-14(2)8-18(9-15(20)3)23-24-19(12-22)13-25/h4,6-10,13,23,26H,1,5,11H2,2-3H3. The first kappa shape index (κ1) is 18.9. The van der Waals surface area contributed by atoms with E-state index in [4.69, 9.17) is 5.26 Å². The van der Waals surface area contributed by atoms with E-state index in [1.807, 2.05) is 38.1 Å². The number of benzene rings is 2. The molecule has 0 saturated heterocycles. The molecule has 0 radical (unpaired) electrons. The number of aryl methyl sites for hydroxylation is 2. The second kappa shape index (κ2) is 8.63. The third-order valence-electron chi connectivity index (χ3n) is 4.12. The zero-order chi connectivity index (χ0) is 19.1. The third-order valence-corrected chi connectivity index (χ3v) is 4.12. The van der Waals surface area contributed by atoms with E-state index in [1.165, 1.54) is 5.56 Å². The molecule has 2 rings (SSSR count). The van der Waals surface area contributed by atoms with E-state index in [2.05, 4.69) is 17.1 Å². The van der Waals surface area contributed by atoms with E-state index in [0.717, 1.165) is 34.4 Å². The van der Waals surface area contributed by atoms with Crippen molar-refractivity contribution in [3.8, 4) is 11.8 Å². The minimum atomic E-state index is -0.205. The largest absolute Gasteiger partial charge is 0.508 e. The number of rotatable bonds is 7. The van der Waals surface area contributed by atoms with Crippen LogP contribution in [0.2, 0.25) is 0 Å². The first-order valence-corrected chi connectivity index (χ1v) is 8.19. The van der Waals surface area contributed by atoms with Crippen LogP contribution >= 0.6 is 0 Å². The highest BCUT2D eigenvalue weighted by atomic mass is 16.3. The molecule has 0 unspecified atom stereocenters. The van der Waals surface area contributed by atoms with E-state index in [9.17, 15) is 9.90 Å². The first-order chi connectivity index (χ1) is 12.5. The lowest BCUT2D eigenvalue weighted by molar-refractivity contribution is -0.102. The van der Waals surface area contributed by atoms with Crippen molar-refractivity contribution in [3.63, 3.8) is 0 Å². The Morgan fingerprint density at radius 3 is 2.58 bits per heavy atom. The zero-order valence-electron chi connectivity index (χ0n) is 14.9. The molecular weight excluding hydrogens is 326 g/mol. The number of hydrogen-bond donors (Lipinski definition) is 2. The number of aromatic hydroxyl groups is 1. The van der Waals surface area contributed by atoms with Crippen LogP contribution in [0, 0.1) is 25.2 Å². The topological polar surface area (TPSA) is 85.5 Å². The highest BCUT2D eigenvalue weighted by Crippen LogP contribution is 2.26. The molecule has 0 bridgehead atoms. The summed E-state index contributed by atoms with van der Waals surface area (Å²) in [6.07, 6.45) is 3.54. The normalized spacial score (nSPS) is 10.9. The monoisotopic (exact) mass is 347 g/mol. The predicted octanol–water partition coefficient (Wildman–Crippen LogP) is 3.82. The number of nitrogens with zero attached hydrogens (tertiary/aromatic N) is 2. The van der Waals surface area contributed by atoms with Gasteiger partial charge in [0.15, 0.2) is 12.0 Å². The third kappa shape index (κ3) is 4.58. The molecule has 5 heteroatoms. The van der Waals surface area contributed by atoms with Crippen molar-refractivity contribution in [2.45, 2.75) is 26.7 Å². The molecular formula is C21H21N3O2. The highest BCUT2D eigenvalue weighted by molar-refractivity contribution is 6.35. The van der Waals surface area contributed by atoms with Gasteiger partial charge in [0.05, 0.1) is 5.69 Å². The Morgan fingerprint density at radius 1 is 1.31 bits per heavy atom. The quantitative estimate of drug-likeness (QED) is 0.345. The van der Waals surface area contributed by atoms with Gasteiger partial charge in [-0.15, -0.1) is 6.58 Å². The molecule has 26 heavy (non-hydrogen) atoms. The predicted molar refractivity (Wildman–Crippen MR) is 103 cm³/mol. The van der Waals surface area contributed by atoms with Crippen LogP contribution in [0.3, 0.4) is 0 Å². The van der Waals surface area contributed by atoms with Crippen molar-refractivity contribution in [1.82, 2.24) is 0 Å². The molecule has 0 saturated carbocycles. The maximum Gasteiger partial charge on any atom is 0.200 e. The summed E-state index contributed by atoms with van der Waals surface area (Å²) in [6.45, 7) is 7.73. The number of carbonyl (C=O) groups excluding carboxylic acids is 1. The van der Waals surface area contributed by atoms with Crippen LogP contribution in [0.15, 0.2) is 48.1 Å². The van der Waals surface area contributed by atoms with E-state index < -0.39 is 0 Å². The van der Waals surface area contributed by atoms with E-state index >= 15 is 0 Å². The van der Waals surface area contributed by atoms with Gasteiger partial charge in [-0.2, -0.15) is 10.4 Å². The van der Waals surface area contributed by atoms with Crippen molar-refractivity contribution in [3.05, 3.63) is 70.8 Å². The summed E-state index contributed by atoms with van der Waals surface area (Å²) in [6, 6.07) is 11.2. The maximum absolute atomic E-state index is 10.6. The smallest absolute Gasteiger partial charge is 0.200 e. The Labute approximate surface area is 153 Å². The van der Waals surface area contributed by atoms with Crippen LogP contribution in [-0.4, -0.2) is 17.1 Å². The van der Waals surface area contributed by atoms with Crippen molar-refractivity contribution < 1.29 is 9.90 Å². The number of aldehydes is 1. The number of phenols is 1. The Kier molecular flexibility index (Phi) is 6.29. The van der Waals surface area contributed by atoms with Crippen molar-refractivity contribution in [2.24, 2.45) is 5.10 Å². The molecule has 0 aliphatic carbocycles. The van der Waals surface area contributed by atoms with Gasteiger partial charge in [-0.05, 0) is 72.7 Å². The molecule has 0 aromatic heterocycles. The van der Waals surface area contributed by atoms with Gasteiger partial charge in [0.1, 0.15) is 11.8 Å². The van der Waals surface area contributed by atoms with Gasteiger partial charge >= 0.3 is 0 Å². The van der Waals surface area contributed by atoms with Gasteiger partial charge in [0, 0.05) is 0 Å². The van der Waals surface area contributed by atoms with Gasteiger partial charge in [-0.1, -0.05) is 18.2 Å². The number of hydrogen-bond acceptors (Lipinski definition) is 5. The van der Waals surface area contributed by atoms with Crippen LogP contribution < -0.4 is 5.43 Å². The fraction of sp³-hybridized carbons (Fsp3) is 0.190. The molecule has 0 amide bonds. The lowest BCUT2D eigenvalue weighted by atomic mass is 9.94. The SMILES string of the molecule is C=CCc1cc(Cc2c(C)cc(NN=C(C#N)C=O)cc2C)ccc1O. The van der Waals surface area contributed by atoms with Crippen LogP contribution in [0.25, 0.3) is 0 Å². The van der Waals surface area contributed by atoms with Gasteiger partial charge < -0.3 is 5.11 Å². The molecule has 2 aromatic carbocycles. The summed E-state index contributed by atoms with van der Waals surface area (Å²) in [7, 11) is 0. The molecule has 2 N–H and O–H groups in total. The molecule has 0 heterocycles. The van der Waals surface area contributed by atoms with Gasteiger partial charge in [-0.3, -0.25) is 10.2 Å². The minimum absolute atomic E-state index is 0.205. The Hall–Kier alpha value is -3.39. The molecule has 0 aliphatic heterocycles. The molecule has 2 aromatic rings. The van der Waals surface area contributed by atoms with Crippen LogP contribution in [0.1, 0.15) is 27.8 Å². The molecule has 0 atom stereocenters. The van der Waals surface area contributed by atoms with Crippen LogP contribution in [0.5, 0.6) is 5.75 Å². The molecule has 0 aliphatic rings. The average Bonchev–Trinajstić information content (AvgIpc) is 2.62. The number of anilines is 1. The number of nitriles is 1. The fourth-order valence-corrected chi connectivity index (χ4v) is 2.81. The molecule has 0 spiro atoms. The van der Waals surface area contributed by atoms with E-state index in [0.29, 0.717) is 12.7 Å². The first-order valence-electron chi connectivity index (χ1n) is 8.19. The lowest BCUT2D eigenvalue weighted by Gasteiger charge is -2.14. The zero-order valence-corrected chi connectivity index (χ0v) is 14.9. The summed E-state index contributed by atoms with van der Waals surface area (Å²) >= 11 is 0. The van der Waals surface area contributed by atoms with Gasteiger partial charge in [-0.25, -0.2) is 0 Å². The highest BCUT2D eigenvalue weighted by Gasteiger charge is 2.09.